The molecule has 1 aliphatic heterocycles. The molecule has 0 bridgehead atoms. The molecule has 1 atom stereocenters. The van der Waals surface area contributed by atoms with Crippen LogP contribution in [0.3, 0.4) is 0 Å². The predicted molar refractivity (Wildman–Crippen MR) is 150 cm³/mol. The average Bonchev–Trinajstić information content (AvgIpc) is 3.17. The van der Waals surface area contributed by atoms with Crippen LogP contribution < -0.4 is 9.64 Å². The lowest BCUT2D eigenvalue weighted by Crippen LogP contribution is -2.29. The summed E-state index contributed by atoms with van der Waals surface area (Å²) in [6.45, 7) is 8.07. The first-order chi connectivity index (χ1) is 18.5. The van der Waals surface area contributed by atoms with Gasteiger partial charge >= 0.3 is 5.97 Å². The van der Waals surface area contributed by atoms with E-state index >= 15 is 0 Å². The summed E-state index contributed by atoms with van der Waals surface area (Å²) in [5.41, 5.74) is 3.83. The van der Waals surface area contributed by atoms with Crippen LogP contribution in [0.15, 0.2) is 72.3 Å². The van der Waals surface area contributed by atoms with E-state index in [0.29, 0.717) is 28.1 Å². The number of ketones is 1. The Hall–Kier alpha value is -4.39. The van der Waals surface area contributed by atoms with Crippen LogP contribution in [0.25, 0.3) is 5.76 Å². The van der Waals surface area contributed by atoms with Crippen molar-refractivity contribution in [3.8, 4) is 5.75 Å². The monoisotopic (exact) mass is 527 g/mol. The van der Waals surface area contributed by atoms with Crippen LogP contribution in [0.5, 0.6) is 5.75 Å². The van der Waals surface area contributed by atoms with Crippen molar-refractivity contribution in [1.29, 1.82) is 0 Å². The van der Waals surface area contributed by atoms with Gasteiger partial charge in [-0.15, -0.1) is 0 Å². The molecule has 1 fully saturated rings. The number of ether oxygens (including phenoxy) is 2. The molecule has 0 aromatic heterocycles. The number of aryl methyl sites for hydroxylation is 1. The Morgan fingerprint density at radius 1 is 0.974 bits per heavy atom. The van der Waals surface area contributed by atoms with Gasteiger partial charge in [-0.1, -0.05) is 68.8 Å². The maximum absolute atomic E-state index is 13.6. The Balaban J connectivity index is 1.92. The number of hydrogen-bond donors (Lipinski definition) is 1. The van der Waals surface area contributed by atoms with Crippen molar-refractivity contribution in [3.63, 3.8) is 0 Å². The fourth-order valence-corrected chi connectivity index (χ4v) is 4.77. The fourth-order valence-electron chi connectivity index (χ4n) is 4.77. The molecule has 202 valence electrons. The first-order valence-electron chi connectivity index (χ1n) is 12.7. The van der Waals surface area contributed by atoms with Crippen molar-refractivity contribution >= 4 is 29.1 Å². The molecular formula is C32H33NO6. The number of carbonyl (C=O) groups excluding carboxylic acids is 3. The van der Waals surface area contributed by atoms with E-state index in [2.05, 4.69) is 0 Å². The number of carbonyl (C=O) groups is 3. The van der Waals surface area contributed by atoms with E-state index in [9.17, 15) is 19.5 Å². The second kappa shape index (κ2) is 10.8. The van der Waals surface area contributed by atoms with E-state index in [1.165, 1.54) is 19.1 Å². The minimum Gasteiger partial charge on any atom is -0.507 e. The molecule has 0 radical (unpaired) electrons. The molecule has 0 aliphatic carbocycles. The maximum atomic E-state index is 13.6. The van der Waals surface area contributed by atoms with Crippen LogP contribution in [0.4, 0.5) is 5.69 Å². The highest BCUT2D eigenvalue weighted by molar-refractivity contribution is 6.51. The molecule has 3 aromatic carbocycles. The number of nitrogens with zero attached hydrogens (tertiary/aromatic N) is 1. The third-order valence-electron chi connectivity index (χ3n) is 6.91. The lowest BCUT2D eigenvalue weighted by atomic mass is 9.85. The molecular weight excluding hydrogens is 494 g/mol. The van der Waals surface area contributed by atoms with Crippen molar-refractivity contribution < 1.29 is 29.0 Å². The predicted octanol–water partition coefficient (Wildman–Crippen LogP) is 5.64. The molecule has 1 unspecified atom stereocenters. The summed E-state index contributed by atoms with van der Waals surface area (Å²) in [5.74, 6) is -1.83. The van der Waals surface area contributed by atoms with Crippen LogP contribution in [0, 0.1) is 6.92 Å². The summed E-state index contributed by atoms with van der Waals surface area (Å²) in [6, 6.07) is 18.9. The SMILES string of the molecule is COC(=O)Cc1ccc(N2C(=O)C(=O)/C(=C(/O)c3cc(C(C)(C)C)ccc3OC)C2c2cccc(C)c2)cc1. The highest BCUT2D eigenvalue weighted by atomic mass is 16.5. The average molecular weight is 528 g/mol. The highest BCUT2D eigenvalue weighted by Crippen LogP contribution is 2.44. The zero-order chi connectivity index (χ0) is 28.5. The normalized spacial score (nSPS) is 16.9. The second-order valence-corrected chi connectivity index (χ2v) is 10.7. The molecule has 0 saturated carbocycles. The van der Waals surface area contributed by atoms with Gasteiger partial charge in [-0.2, -0.15) is 0 Å². The summed E-state index contributed by atoms with van der Waals surface area (Å²) in [7, 11) is 2.82. The minimum atomic E-state index is -0.876. The van der Waals surface area contributed by atoms with Gasteiger partial charge in [0.05, 0.1) is 37.8 Å². The Morgan fingerprint density at radius 3 is 2.26 bits per heavy atom. The minimum absolute atomic E-state index is 0.0198. The largest absolute Gasteiger partial charge is 0.507 e. The number of benzene rings is 3. The zero-order valence-electron chi connectivity index (χ0n) is 23.1. The van der Waals surface area contributed by atoms with Crippen molar-refractivity contribution in [2.24, 2.45) is 0 Å². The quantitative estimate of drug-likeness (QED) is 0.193. The van der Waals surface area contributed by atoms with Crippen LogP contribution in [0.1, 0.15) is 54.6 Å². The number of aliphatic hydroxyl groups excluding tert-OH is 1. The number of hydrogen-bond acceptors (Lipinski definition) is 6. The van der Waals surface area contributed by atoms with Crippen molar-refractivity contribution in [2.45, 2.75) is 45.6 Å². The van der Waals surface area contributed by atoms with Gasteiger partial charge in [0.15, 0.2) is 0 Å². The van der Waals surface area contributed by atoms with E-state index in [1.807, 2.05) is 58.0 Å². The van der Waals surface area contributed by atoms with Gasteiger partial charge in [0.25, 0.3) is 11.7 Å². The van der Waals surface area contributed by atoms with Gasteiger partial charge in [-0.05, 0) is 53.3 Å². The number of methoxy groups -OCH3 is 2. The summed E-state index contributed by atoms with van der Waals surface area (Å²) >= 11 is 0. The van der Waals surface area contributed by atoms with E-state index in [1.54, 1.807) is 36.4 Å². The van der Waals surface area contributed by atoms with Gasteiger partial charge in [-0.3, -0.25) is 19.3 Å². The fraction of sp³-hybridized carbons (Fsp3) is 0.281. The molecule has 1 heterocycles. The number of aliphatic hydroxyl groups is 1. The molecule has 1 aliphatic rings. The number of anilines is 1. The maximum Gasteiger partial charge on any atom is 0.309 e. The number of amides is 1. The molecule has 4 rings (SSSR count). The lowest BCUT2D eigenvalue weighted by molar-refractivity contribution is -0.139. The van der Waals surface area contributed by atoms with E-state index in [-0.39, 0.29) is 29.1 Å². The lowest BCUT2D eigenvalue weighted by Gasteiger charge is -2.26. The Bertz CT molecular complexity index is 1460. The van der Waals surface area contributed by atoms with Gasteiger partial charge in [-0.25, -0.2) is 0 Å². The van der Waals surface area contributed by atoms with Crippen LogP contribution >= 0.6 is 0 Å². The smallest absolute Gasteiger partial charge is 0.309 e. The van der Waals surface area contributed by atoms with Gasteiger partial charge in [0.2, 0.25) is 0 Å². The number of Topliss-reactive ketones (excluding diaryl/α,β-unsaturated/α-hetero) is 1. The van der Waals surface area contributed by atoms with E-state index < -0.39 is 17.7 Å². The molecule has 7 nitrogen and oxygen atoms in total. The van der Waals surface area contributed by atoms with Gasteiger partial charge in [0, 0.05) is 5.69 Å². The molecule has 7 heteroatoms. The first-order valence-corrected chi connectivity index (χ1v) is 12.7. The third-order valence-corrected chi connectivity index (χ3v) is 6.91. The van der Waals surface area contributed by atoms with Crippen molar-refractivity contribution in [3.05, 3.63) is 100 Å². The zero-order valence-corrected chi connectivity index (χ0v) is 23.1. The van der Waals surface area contributed by atoms with Crippen LogP contribution in [-0.2, 0) is 31.0 Å². The molecule has 3 aromatic rings. The third kappa shape index (κ3) is 5.43. The van der Waals surface area contributed by atoms with E-state index in [4.69, 9.17) is 9.47 Å². The number of rotatable bonds is 6. The summed E-state index contributed by atoms with van der Waals surface area (Å²) in [6.07, 6.45) is 0.0841. The topological polar surface area (TPSA) is 93.1 Å². The summed E-state index contributed by atoms with van der Waals surface area (Å²) in [5, 5.41) is 11.7. The first kappa shape index (κ1) is 27.6. The molecule has 1 amide bonds. The Labute approximate surface area is 228 Å². The van der Waals surface area contributed by atoms with Crippen molar-refractivity contribution in [2.75, 3.05) is 19.1 Å². The van der Waals surface area contributed by atoms with Gasteiger partial charge in [0.1, 0.15) is 11.5 Å². The second-order valence-electron chi connectivity index (χ2n) is 10.7. The number of esters is 1. The Kier molecular flexibility index (Phi) is 7.63. The van der Waals surface area contributed by atoms with Gasteiger partial charge < -0.3 is 14.6 Å². The Morgan fingerprint density at radius 2 is 1.67 bits per heavy atom. The summed E-state index contributed by atoms with van der Waals surface area (Å²) < 4.78 is 10.3. The van der Waals surface area contributed by atoms with Crippen LogP contribution in [0.2, 0.25) is 0 Å². The standard InChI is InChI=1S/C32H33NO6/c1-19-8-7-9-21(16-19)28-27(29(35)24-18-22(32(2,3)4)12-15-25(24)38-5)30(36)31(37)33(28)23-13-10-20(11-14-23)17-26(34)39-6/h7-16,18,28,35H,17H2,1-6H3/b29-27+. The molecule has 39 heavy (non-hydrogen) atoms. The summed E-state index contributed by atoms with van der Waals surface area (Å²) in [4.78, 5) is 40.2. The van der Waals surface area contributed by atoms with Crippen molar-refractivity contribution in [1.82, 2.24) is 0 Å². The molecule has 1 saturated heterocycles. The van der Waals surface area contributed by atoms with E-state index in [0.717, 1.165) is 11.1 Å². The molecule has 0 spiro atoms. The highest BCUT2D eigenvalue weighted by Gasteiger charge is 2.47. The molecule has 1 N–H and O–H groups in total. The van der Waals surface area contributed by atoms with Crippen LogP contribution in [-0.4, -0.2) is 37.0 Å².